The van der Waals surface area contributed by atoms with E-state index in [1.165, 1.54) is 17.6 Å². The van der Waals surface area contributed by atoms with E-state index in [4.69, 9.17) is 4.42 Å². The topological polar surface area (TPSA) is 89.6 Å². The first-order valence-corrected chi connectivity index (χ1v) is 10.1. The molecular weight excluding hydrogens is 376 g/mol. The van der Waals surface area contributed by atoms with Crippen LogP contribution in [0.3, 0.4) is 0 Å². The average Bonchev–Trinajstić information content (AvgIpc) is 3.32. The van der Waals surface area contributed by atoms with Gasteiger partial charge in [-0.15, -0.1) is 11.3 Å². The van der Waals surface area contributed by atoms with Gasteiger partial charge in [0.05, 0.1) is 22.2 Å². The number of nitriles is 1. The summed E-state index contributed by atoms with van der Waals surface area (Å²) in [5.41, 5.74) is 0.837. The summed E-state index contributed by atoms with van der Waals surface area (Å²) < 4.78 is 5.09. The Balaban J connectivity index is 1.63. The van der Waals surface area contributed by atoms with Gasteiger partial charge in [0, 0.05) is 26.2 Å². The summed E-state index contributed by atoms with van der Waals surface area (Å²) in [5, 5.41) is 12.8. The van der Waals surface area contributed by atoms with Crippen LogP contribution in [-0.2, 0) is 0 Å². The maximum Gasteiger partial charge on any atom is 0.291 e. The summed E-state index contributed by atoms with van der Waals surface area (Å²) in [7, 11) is 0. The number of carbonyl (C=O) groups excluding carboxylic acids is 2. The molecule has 7 nitrogen and oxygen atoms in total. The molecule has 1 saturated heterocycles. The monoisotopic (exact) mass is 400 g/mol. The van der Waals surface area contributed by atoms with Crippen LogP contribution in [-0.4, -0.2) is 53.8 Å². The Labute approximate surface area is 168 Å². The fraction of sp³-hybridized carbons (Fsp3) is 0.450. The zero-order valence-electron chi connectivity index (χ0n) is 16.3. The largest absolute Gasteiger partial charge is 0.459 e. The summed E-state index contributed by atoms with van der Waals surface area (Å²) >= 11 is 1.27. The van der Waals surface area contributed by atoms with Crippen molar-refractivity contribution < 1.29 is 14.0 Å². The number of rotatable bonds is 5. The second-order valence-corrected chi connectivity index (χ2v) is 8.25. The third-order valence-electron chi connectivity index (χ3n) is 4.85. The number of hydrogen-bond acceptors (Lipinski definition) is 6. The molecule has 1 aliphatic rings. The molecule has 1 fully saturated rings. The minimum Gasteiger partial charge on any atom is -0.459 e. The van der Waals surface area contributed by atoms with Crippen LogP contribution in [0.4, 0.5) is 5.00 Å². The average molecular weight is 401 g/mol. The number of nitrogens with one attached hydrogen (secondary N) is 1. The Morgan fingerprint density at radius 1 is 1.29 bits per heavy atom. The quantitative estimate of drug-likeness (QED) is 0.832. The van der Waals surface area contributed by atoms with Crippen molar-refractivity contribution in [1.29, 1.82) is 5.26 Å². The van der Waals surface area contributed by atoms with E-state index in [1.807, 2.05) is 25.7 Å². The zero-order chi connectivity index (χ0) is 20.3. The maximum atomic E-state index is 12.9. The van der Waals surface area contributed by atoms with E-state index in [9.17, 15) is 14.9 Å². The highest BCUT2D eigenvalue weighted by atomic mass is 32.1. The molecule has 3 rings (SSSR count). The lowest BCUT2D eigenvalue weighted by Crippen LogP contribution is -2.52. The number of amides is 2. The van der Waals surface area contributed by atoms with Crippen molar-refractivity contribution in [2.45, 2.75) is 26.8 Å². The molecule has 0 radical (unpaired) electrons. The van der Waals surface area contributed by atoms with Crippen LogP contribution in [0.2, 0.25) is 0 Å². The van der Waals surface area contributed by atoms with Crippen LogP contribution in [0.1, 0.15) is 39.6 Å². The van der Waals surface area contributed by atoms with E-state index < -0.39 is 0 Å². The Bertz CT molecular complexity index is 874. The molecule has 0 bridgehead atoms. The van der Waals surface area contributed by atoms with Crippen LogP contribution < -0.4 is 5.32 Å². The summed E-state index contributed by atoms with van der Waals surface area (Å²) in [5.74, 6) is 0.119. The van der Waals surface area contributed by atoms with E-state index in [2.05, 4.69) is 16.3 Å². The van der Waals surface area contributed by atoms with Gasteiger partial charge in [-0.25, -0.2) is 0 Å². The standard InChI is InChI=1S/C20H24N4O3S/c1-13(2)15(12-21)23-6-8-24(9-7-23)20(26)18-14(3)11-17(28-18)22-19(25)16-5-4-10-27-16/h4-5,10-11,13,15H,6-9H2,1-3H3,(H,22,25). The van der Waals surface area contributed by atoms with E-state index in [0.717, 1.165) is 5.56 Å². The molecule has 2 aromatic heterocycles. The van der Waals surface area contributed by atoms with Crippen LogP contribution in [0.5, 0.6) is 0 Å². The molecule has 8 heteroatoms. The van der Waals surface area contributed by atoms with Crippen molar-refractivity contribution in [3.8, 4) is 6.07 Å². The second-order valence-electron chi connectivity index (χ2n) is 7.20. The van der Waals surface area contributed by atoms with E-state index in [-0.39, 0.29) is 29.5 Å². The van der Waals surface area contributed by atoms with E-state index >= 15 is 0 Å². The number of furan rings is 1. The van der Waals surface area contributed by atoms with Gasteiger partial charge in [-0.1, -0.05) is 13.8 Å². The summed E-state index contributed by atoms with van der Waals surface area (Å²) in [6.07, 6.45) is 1.44. The van der Waals surface area contributed by atoms with Crippen LogP contribution in [0, 0.1) is 24.2 Å². The fourth-order valence-corrected chi connectivity index (χ4v) is 4.37. The third-order valence-corrected chi connectivity index (χ3v) is 5.99. The van der Waals surface area contributed by atoms with Gasteiger partial charge in [0.25, 0.3) is 11.8 Å². The minimum atomic E-state index is -0.338. The molecule has 0 spiro atoms. The number of piperazine rings is 1. The highest BCUT2D eigenvalue weighted by Gasteiger charge is 2.29. The molecule has 0 aromatic carbocycles. The SMILES string of the molecule is Cc1cc(NC(=O)c2ccco2)sc1C(=O)N1CCN(C(C#N)C(C)C)CC1. The molecule has 0 saturated carbocycles. The number of thiophene rings is 1. The maximum absolute atomic E-state index is 12.9. The number of anilines is 1. The van der Waals surface area contributed by atoms with Crippen molar-refractivity contribution in [3.05, 3.63) is 40.7 Å². The Morgan fingerprint density at radius 3 is 2.57 bits per heavy atom. The number of nitrogens with zero attached hydrogens (tertiary/aromatic N) is 3. The Kier molecular flexibility index (Phi) is 6.17. The molecule has 2 aromatic rings. The lowest BCUT2D eigenvalue weighted by atomic mass is 10.0. The van der Waals surface area contributed by atoms with Crippen LogP contribution in [0.25, 0.3) is 0 Å². The molecule has 2 amide bonds. The van der Waals surface area contributed by atoms with E-state index in [1.54, 1.807) is 18.2 Å². The normalized spacial score (nSPS) is 16.0. The van der Waals surface area contributed by atoms with Crippen molar-refractivity contribution in [1.82, 2.24) is 9.80 Å². The highest BCUT2D eigenvalue weighted by Crippen LogP contribution is 2.29. The molecule has 1 N–H and O–H groups in total. The van der Waals surface area contributed by atoms with Gasteiger partial charge in [0.15, 0.2) is 5.76 Å². The number of carbonyl (C=O) groups is 2. The minimum absolute atomic E-state index is 0.0290. The number of hydrogen-bond donors (Lipinski definition) is 1. The smallest absolute Gasteiger partial charge is 0.291 e. The van der Waals surface area contributed by atoms with Gasteiger partial charge in [0.1, 0.15) is 6.04 Å². The molecule has 1 aliphatic heterocycles. The van der Waals surface area contributed by atoms with Gasteiger partial charge in [-0.05, 0) is 36.6 Å². The van der Waals surface area contributed by atoms with Crippen molar-refractivity contribution >= 4 is 28.2 Å². The van der Waals surface area contributed by atoms with Gasteiger partial charge in [-0.3, -0.25) is 14.5 Å². The zero-order valence-corrected chi connectivity index (χ0v) is 17.1. The van der Waals surface area contributed by atoms with Gasteiger partial charge in [-0.2, -0.15) is 5.26 Å². The molecule has 3 heterocycles. The predicted octanol–water partition coefficient (Wildman–Crippen LogP) is 3.21. The predicted molar refractivity (Wildman–Crippen MR) is 107 cm³/mol. The molecule has 0 aliphatic carbocycles. The summed E-state index contributed by atoms with van der Waals surface area (Å²) in [6, 6.07) is 7.29. The fourth-order valence-electron chi connectivity index (χ4n) is 3.34. The van der Waals surface area contributed by atoms with Crippen LogP contribution >= 0.6 is 11.3 Å². The summed E-state index contributed by atoms with van der Waals surface area (Å²) in [6.45, 7) is 8.51. The molecule has 1 atom stereocenters. The lowest BCUT2D eigenvalue weighted by Gasteiger charge is -2.38. The molecule has 148 valence electrons. The lowest BCUT2D eigenvalue weighted by molar-refractivity contribution is 0.0580. The van der Waals surface area contributed by atoms with Gasteiger partial charge < -0.3 is 14.6 Å². The first-order valence-electron chi connectivity index (χ1n) is 9.29. The third kappa shape index (κ3) is 4.26. The van der Waals surface area contributed by atoms with Crippen molar-refractivity contribution in [3.63, 3.8) is 0 Å². The first kappa shape index (κ1) is 20.1. The number of aryl methyl sites for hydroxylation is 1. The van der Waals surface area contributed by atoms with Crippen molar-refractivity contribution in [2.75, 3.05) is 31.5 Å². The Hall–Kier alpha value is -2.63. The first-order chi connectivity index (χ1) is 13.4. The molecule has 28 heavy (non-hydrogen) atoms. The Morgan fingerprint density at radius 2 is 2.00 bits per heavy atom. The van der Waals surface area contributed by atoms with Gasteiger partial charge in [0.2, 0.25) is 0 Å². The van der Waals surface area contributed by atoms with Gasteiger partial charge >= 0.3 is 0 Å². The highest BCUT2D eigenvalue weighted by molar-refractivity contribution is 7.18. The van der Waals surface area contributed by atoms with Crippen LogP contribution in [0.15, 0.2) is 28.9 Å². The van der Waals surface area contributed by atoms with E-state index in [0.29, 0.717) is 36.1 Å². The molecular formula is C20H24N4O3S. The summed E-state index contributed by atoms with van der Waals surface area (Å²) in [4.78, 5) is 29.7. The second kappa shape index (κ2) is 8.59. The molecule has 1 unspecified atom stereocenters. The van der Waals surface area contributed by atoms with Crippen molar-refractivity contribution in [2.24, 2.45) is 5.92 Å².